The maximum atomic E-state index is 13.0. The molecule has 0 spiro atoms. The van der Waals surface area contributed by atoms with E-state index in [1.807, 2.05) is 60.8 Å². The van der Waals surface area contributed by atoms with Gasteiger partial charge in [0.1, 0.15) is 6.04 Å². The third kappa shape index (κ3) is 4.75. The van der Waals surface area contributed by atoms with Gasteiger partial charge in [0.2, 0.25) is 5.91 Å². The molecule has 1 fully saturated rings. The number of H-pyrrole nitrogens is 1. The highest BCUT2D eigenvalue weighted by Crippen LogP contribution is 2.18. The zero-order chi connectivity index (χ0) is 20.1. The molecule has 7 nitrogen and oxygen atoms in total. The fourth-order valence-corrected chi connectivity index (χ4v) is 3.42. The van der Waals surface area contributed by atoms with Crippen LogP contribution in [0, 0.1) is 0 Å². The standard InChI is InChI=1S/C22H24N4O3/c27-21(24-18-7-6-17-8-9-23-19(17)15-18)20(14-16-4-2-1-3-5-16)25-22(28)26-10-12-29-13-11-26/h1-9,15,20,23H,10-14H2,(H,24,27)(H,25,28)/t20-/m0/s1. The van der Waals surface area contributed by atoms with Gasteiger partial charge in [-0.2, -0.15) is 0 Å². The Bertz CT molecular complexity index is 980. The molecule has 1 aromatic heterocycles. The number of ether oxygens (including phenoxy) is 1. The molecule has 1 atom stereocenters. The molecule has 0 bridgehead atoms. The summed E-state index contributed by atoms with van der Waals surface area (Å²) in [5.74, 6) is -0.249. The summed E-state index contributed by atoms with van der Waals surface area (Å²) in [6, 6.07) is 16.4. The predicted molar refractivity (Wildman–Crippen MR) is 112 cm³/mol. The largest absolute Gasteiger partial charge is 0.378 e. The molecule has 7 heteroatoms. The Hall–Kier alpha value is -3.32. The van der Waals surface area contributed by atoms with Crippen LogP contribution >= 0.6 is 0 Å². The molecule has 0 aliphatic carbocycles. The summed E-state index contributed by atoms with van der Waals surface area (Å²) < 4.78 is 5.30. The summed E-state index contributed by atoms with van der Waals surface area (Å²) in [7, 11) is 0. The molecule has 3 N–H and O–H groups in total. The zero-order valence-corrected chi connectivity index (χ0v) is 16.1. The maximum absolute atomic E-state index is 13.0. The van der Waals surface area contributed by atoms with Crippen molar-refractivity contribution in [3.05, 3.63) is 66.4 Å². The van der Waals surface area contributed by atoms with Crippen LogP contribution in [0.5, 0.6) is 0 Å². The van der Waals surface area contributed by atoms with Gasteiger partial charge in [-0.1, -0.05) is 36.4 Å². The Morgan fingerprint density at radius 1 is 1.07 bits per heavy atom. The van der Waals surface area contributed by atoms with Gasteiger partial charge in [0.25, 0.3) is 0 Å². The normalized spacial score (nSPS) is 15.1. The van der Waals surface area contributed by atoms with E-state index in [0.29, 0.717) is 38.4 Å². The monoisotopic (exact) mass is 392 g/mol. The molecule has 150 valence electrons. The Morgan fingerprint density at radius 2 is 1.86 bits per heavy atom. The fourth-order valence-electron chi connectivity index (χ4n) is 3.42. The van der Waals surface area contributed by atoms with Gasteiger partial charge >= 0.3 is 6.03 Å². The van der Waals surface area contributed by atoms with Crippen molar-refractivity contribution in [3.8, 4) is 0 Å². The third-order valence-corrected chi connectivity index (χ3v) is 5.02. The highest BCUT2D eigenvalue weighted by Gasteiger charge is 2.25. The molecule has 2 aromatic carbocycles. The fraction of sp³-hybridized carbons (Fsp3) is 0.273. The molecule has 0 unspecified atom stereocenters. The molecule has 3 aromatic rings. The molecule has 29 heavy (non-hydrogen) atoms. The number of benzene rings is 2. The van der Waals surface area contributed by atoms with Crippen molar-refractivity contribution in [1.29, 1.82) is 0 Å². The predicted octanol–water partition coefficient (Wildman–Crippen LogP) is 2.76. The number of aromatic nitrogens is 1. The van der Waals surface area contributed by atoms with Crippen molar-refractivity contribution in [2.45, 2.75) is 12.5 Å². The lowest BCUT2D eigenvalue weighted by Gasteiger charge is -2.29. The minimum atomic E-state index is -0.688. The average Bonchev–Trinajstić information content (AvgIpc) is 3.22. The van der Waals surface area contributed by atoms with Crippen LogP contribution in [-0.2, 0) is 16.0 Å². The van der Waals surface area contributed by atoms with E-state index in [1.54, 1.807) is 4.90 Å². The minimum absolute atomic E-state index is 0.246. The van der Waals surface area contributed by atoms with Crippen LogP contribution in [0.1, 0.15) is 5.56 Å². The summed E-state index contributed by atoms with van der Waals surface area (Å²) in [6.07, 6.45) is 2.27. The van der Waals surface area contributed by atoms with Crippen LogP contribution < -0.4 is 10.6 Å². The average molecular weight is 392 g/mol. The number of carbonyl (C=O) groups excluding carboxylic acids is 2. The number of anilines is 1. The summed E-state index contributed by atoms with van der Waals surface area (Å²) in [4.78, 5) is 30.5. The van der Waals surface area contributed by atoms with Crippen LogP contribution in [0.3, 0.4) is 0 Å². The van der Waals surface area contributed by atoms with Crippen molar-refractivity contribution in [3.63, 3.8) is 0 Å². The van der Waals surface area contributed by atoms with Crippen LogP contribution in [-0.4, -0.2) is 54.2 Å². The second kappa shape index (κ2) is 8.79. The van der Waals surface area contributed by atoms with Gasteiger partial charge in [-0.15, -0.1) is 0 Å². The second-order valence-corrected chi connectivity index (χ2v) is 7.06. The first-order chi connectivity index (χ1) is 14.2. The van der Waals surface area contributed by atoms with Gasteiger partial charge in [-0.05, 0) is 29.1 Å². The van der Waals surface area contributed by atoms with E-state index in [0.717, 1.165) is 16.5 Å². The van der Waals surface area contributed by atoms with Gasteiger partial charge in [0, 0.05) is 36.9 Å². The molecule has 1 aliphatic heterocycles. The van der Waals surface area contributed by atoms with E-state index >= 15 is 0 Å². The van der Waals surface area contributed by atoms with E-state index in [9.17, 15) is 9.59 Å². The highest BCUT2D eigenvalue weighted by atomic mass is 16.5. The zero-order valence-electron chi connectivity index (χ0n) is 16.1. The number of hydrogen-bond donors (Lipinski definition) is 3. The van der Waals surface area contributed by atoms with Crippen LogP contribution in [0.4, 0.5) is 10.5 Å². The lowest BCUT2D eigenvalue weighted by atomic mass is 10.1. The van der Waals surface area contributed by atoms with Crippen molar-refractivity contribution in [2.24, 2.45) is 0 Å². The maximum Gasteiger partial charge on any atom is 0.318 e. The third-order valence-electron chi connectivity index (χ3n) is 5.02. The molecule has 0 radical (unpaired) electrons. The van der Waals surface area contributed by atoms with E-state index in [2.05, 4.69) is 15.6 Å². The van der Waals surface area contributed by atoms with Crippen LogP contribution in [0.2, 0.25) is 0 Å². The lowest BCUT2D eigenvalue weighted by molar-refractivity contribution is -0.118. The quantitative estimate of drug-likeness (QED) is 0.624. The van der Waals surface area contributed by atoms with Crippen molar-refractivity contribution >= 4 is 28.5 Å². The number of aromatic amines is 1. The minimum Gasteiger partial charge on any atom is -0.378 e. The number of nitrogens with zero attached hydrogens (tertiary/aromatic N) is 1. The molecule has 3 amide bonds. The van der Waals surface area contributed by atoms with E-state index in [1.165, 1.54) is 0 Å². The molecule has 4 rings (SSSR count). The Balaban J connectivity index is 1.49. The van der Waals surface area contributed by atoms with Crippen LogP contribution in [0.15, 0.2) is 60.8 Å². The van der Waals surface area contributed by atoms with Crippen molar-refractivity contribution < 1.29 is 14.3 Å². The van der Waals surface area contributed by atoms with Crippen LogP contribution in [0.25, 0.3) is 10.9 Å². The SMILES string of the molecule is O=C(Nc1ccc2cc[nH]c2c1)[C@H](Cc1ccccc1)NC(=O)N1CCOCC1. The first-order valence-corrected chi connectivity index (χ1v) is 9.74. The van der Waals surface area contributed by atoms with E-state index in [-0.39, 0.29) is 11.9 Å². The number of morpholine rings is 1. The van der Waals surface area contributed by atoms with Gasteiger partial charge in [-0.3, -0.25) is 4.79 Å². The number of urea groups is 1. The Morgan fingerprint density at radius 3 is 2.66 bits per heavy atom. The summed E-state index contributed by atoms with van der Waals surface area (Å²) >= 11 is 0. The molecule has 1 aliphatic rings. The van der Waals surface area contributed by atoms with E-state index < -0.39 is 6.04 Å². The lowest BCUT2D eigenvalue weighted by Crippen LogP contribution is -2.53. The molecule has 1 saturated heterocycles. The van der Waals surface area contributed by atoms with Gasteiger partial charge in [-0.25, -0.2) is 4.79 Å². The van der Waals surface area contributed by atoms with Gasteiger partial charge < -0.3 is 25.3 Å². The first-order valence-electron chi connectivity index (χ1n) is 9.74. The first kappa shape index (κ1) is 19.0. The number of carbonyl (C=O) groups is 2. The Labute approximate surface area is 169 Å². The van der Waals surface area contributed by atoms with E-state index in [4.69, 9.17) is 4.74 Å². The summed E-state index contributed by atoms with van der Waals surface area (Å²) in [6.45, 7) is 2.07. The van der Waals surface area contributed by atoms with Gasteiger partial charge in [0.15, 0.2) is 0 Å². The number of fused-ring (bicyclic) bond motifs is 1. The highest BCUT2D eigenvalue weighted by molar-refractivity contribution is 5.98. The number of amides is 3. The number of hydrogen-bond acceptors (Lipinski definition) is 3. The van der Waals surface area contributed by atoms with Gasteiger partial charge in [0.05, 0.1) is 13.2 Å². The molecular weight excluding hydrogens is 368 g/mol. The topological polar surface area (TPSA) is 86.5 Å². The summed E-state index contributed by atoms with van der Waals surface area (Å²) in [5, 5.41) is 6.91. The number of rotatable bonds is 5. The molecule has 2 heterocycles. The molecule has 0 saturated carbocycles. The summed E-state index contributed by atoms with van der Waals surface area (Å²) in [5.41, 5.74) is 2.61. The number of nitrogens with one attached hydrogen (secondary N) is 3. The smallest absolute Gasteiger partial charge is 0.318 e. The van der Waals surface area contributed by atoms with Crippen molar-refractivity contribution in [1.82, 2.24) is 15.2 Å². The Kier molecular flexibility index (Phi) is 5.76. The second-order valence-electron chi connectivity index (χ2n) is 7.06. The van der Waals surface area contributed by atoms with Crippen molar-refractivity contribution in [2.75, 3.05) is 31.6 Å². The molecular formula is C22H24N4O3.